The molecule has 0 N–H and O–H groups in total. The molecular formula is C15H15NO3. The fourth-order valence-corrected chi connectivity index (χ4v) is 3.06. The molecule has 1 saturated carbocycles. The number of hydrogen-bond donors (Lipinski definition) is 0. The number of carbonyl (C=O) groups is 3. The molecule has 2 aliphatic rings. The van der Waals surface area contributed by atoms with Gasteiger partial charge in [-0.05, 0) is 24.5 Å². The zero-order chi connectivity index (χ0) is 13.9. The molecule has 1 saturated heterocycles. The molecule has 3 rings (SSSR count). The summed E-state index contributed by atoms with van der Waals surface area (Å²) in [4.78, 5) is 37.1. The second-order valence-electron chi connectivity index (χ2n) is 5.90. The van der Waals surface area contributed by atoms with Crippen molar-refractivity contribution in [1.29, 1.82) is 0 Å². The molecule has 1 aromatic carbocycles. The van der Waals surface area contributed by atoms with E-state index in [4.69, 9.17) is 0 Å². The molecule has 0 aromatic heterocycles. The quantitative estimate of drug-likeness (QED) is 0.601. The highest BCUT2D eigenvalue weighted by Gasteiger charge is 2.72. The SMILES string of the molecule is CC(=O)c1cccc(N2C(=O)C3C(C2=O)C3(C)C)c1. The topological polar surface area (TPSA) is 54.5 Å². The standard InChI is InChI=1S/C15H15NO3/c1-8(17)9-5-4-6-10(7-9)16-13(18)11-12(14(16)19)15(11,2)3/h4-7,11-12H,1-3H3. The lowest BCUT2D eigenvalue weighted by molar-refractivity contribution is -0.125. The molecule has 4 heteroatoms. The summed E-state index contributed by atoms with van der Waals surface area (Å²) in [6.45, 7) is 5.36. The third kappa shape index (κ3) is 1.49. The fourth-order valence-electron chi connectivity index (χ4n) is 3.06. The van der Waals surface area contributed by atoms with Crippen molar-refractivity contribution in [3.63, 3.8) is 0 Å². The van der Waals surface area contributed by atoms with E-state index in [2.05, 4.69) is 0 Å². The molecule has 4 nitrogen and oxygen atoms in total. The fraction of sp³-hybridized carbons (Fsp3) is 0.400. The van der Waals surface area contributed by atoms with E-state index in [1.54, 1.807) is 24.3 Å². The monoisotopic (exact) mass is 257 g/mol. The Morgan fingerprint density at radius 3 is 2.26 bits per heavy atom. The number of piperidine rings is 1. The van der Waals surface area contributed by atoms with Crippen LogP contribution in [0.1, 0.15) is 31.1 Å². The molecule has 0 radical (unpaired) electrons. The summed E-state index contributed by atoms with van der Waals surface area (Å²) in [6.07, 6.45) is 0. The van der Waals surface area contributed by atoms with E-state index in [1.165, 1.54) is 11.8 Å². The predicted molar refractivity (Wildman–Crippen MR) is 69.7 cm³/mol. The summed E-state index contributed by atoms with van der Waals surface area (Å²) in [5, 5.41) is 0. The van der Waals surface area contributed by atoms with Crippen LogP contribution in [-0.4, -0.2) is 17.6 Å². The third-order valence-electron chi connectivity index (χ3n) is 4.31. The average molecular weight is 257 g/mol. The second kappa shape index (κ2) is 3.53. The molecule has 2 fully saturated rings. The first-order valence-electron chi connectivity index (χ1n) is 6.34. The molecule has 98 valence electrons. The summed E-state index contributed by atoms with van der Waals surface area (Å²) in [7, 11) is 0. The Bertz CT molecular complexity index is 594. The van der Waals surface area contributed by atoms with Crippen LogP contribution in [0.3, 0.4) is 0 Å². The first-order valence-corrected chi connectivity index (χ1v) is 6.34. The van der Waals surface area contributed by atoms with Gasteiger partial charge in [0.05, 0.1) is 17.5 Å². The number of carbonyl (C=O) groups excluding carboxylic acids is 3. The first kappa shape index (κ1) is 12.1. The van der Waals surface area contributed by atoms with Crippen LogP contribution in [0.25, 0.3) is 0 Å². The Morgan fingerprint density at radius 2 is 1.74 bits per heavy atom. The van der Waals surface area contributed by atoms with Crippen molar-refractivity contribution in [2.75, 3.05) is 4.90 Å². The summed E-state index contributed by atoms with van der Waals surface area (Å²) in [5.41, 5.74) is 0.812. The Labute approximate surface area is 111 Å². The van der Waals surface area contributed by atoms with Gasteiger partial charge in [0.25, 0.3) is 0 Å². The van der Waals surface area contributed by atoms with Crippen LogP contribution in [-0.2, 0) is 9.59 Å². The summed E-state index contributed by atoms with van der Waals surface area (Å²) in [5.74, 6) is -0.741. The lowest BCUT2D eigenvalue weighted by Gasteiger charge is -2.20. The maximum atomic E-state index is 12.3. The van der Waals surface area contributed by atoms with Crippen LogP contribution in [0, 0.1) is 17.3 Å². The molecule has 1 aromatic rings. The normalized spacial score (nSPS) is 27.4. The van der Waals surface area contributed by atoms with E-state index in [9.17, 15) is 14.4 Å². The molecule has 2 amide bonds. The lowest BCUT2D eigenvalue weighted by Crippen LogP contribution is -2.36. The Kier molecular flexibility index (Phi) is 2.24. The molecule has 1 aliphatic heterocycles. The maximum absolute atomic E-state index is 12.3. The number of rotatable bonds is 2. The minimum atomic E-state index is -0.206. The van der Waals surface area contributed by atoms with Crippen molar-refractivity contribution in [2.45, 2.75) is 20.8 Å². The number of anilines is 1. The molecule has 2 unspecified atom stereocenters. The third-order valence-corrected chi connectivity index (χ3v) is 4.31. The zero-order valence-electron chi connectivity index (χ0n) is 11.1. The van der Waals surface area contributed by atoms with Gasteiger partial charge in [0.1, 0.15) is 0 Å². The predicted octanol–water partition coefficient (Wildman–Crippen LogP) is 2.03. The second-order valence-corrected chi connectivity index (χ2v) is 5.90. The van der Waals surface area contributed by atoms with E-state index in [-0.39, 0.29) is 34.8 Å². The average Bonchev–Trinajstić information content (AvgIpc) is 2.79. The highest BCUT2D eigenvalue weighted by molar-refractivity contribution is 6.25. The first-order chi connectivity index (χ1) is 8.85. The van der Waals surface area contributed by atoms with Gasteiger partial charge < -0.3 is 0 Å². The zero-order valence-corrected chi connectivity index (χ0v) is 11.1. The van der Waals surface area contributed by atoms with E-state index in [1.807, 2.05) is 13.8 Å². The molecule has 1 aliphatic carbocycles. The van der Waals surface area contributed by atoms with E-state index >= 15 is 0 Å². The van der Waals surface area contributed by atoms with Gasteiger partial charge in [-0.1, -0.05) is 26.0 Å². The van der Waals surface area contributed by atoms with Crippen molar-refractivity contribution >= 4 is 23.3 Å². The van der Waals surface area contributed by atoms with E-state index < -0.39 is 0 Å². The van der Waals surface area contributed by atoms with Gasteiger partial charge in [-0.2, -0.15) is 0 Å². The van der Waals surface area contributed by atoms with Crippen LogP contribution in [0.2, 0.25) is 0 Å². The highest BCUT2D eigenvalue weighted by atomic mass is 16.2. The maximum Gasteiger partial charge on any atom is 0.238 e. The van der Waals surface area contributed by atoms with E-state index in [0.29, 0.717) is 11.3 Å². The summed E-state index contributed by atoms with van der Waals surface area (Å²) >= 11 is 0. The van der Waals surface area contributed by atoms with Crippen molar-refractivity contribution in [3.05, 3.63) is 29.8 Å². The molecule has 1 heterocycles. The Balaban J connectivity index is 1.97. The number of ketones is 1. The molecule has 19 heavy (non-hydrogen) atoms. The van der Waals surface area contributed by atoms with Gasteiger partial charge in [-0.3, -0.25) is 14.4 Å². The number of nitrogens with zero attached hydrogens (tertiary/aromatic N) is 1. The Morgan fingerprint density at radius 1 is 1.16 bits per heavy atom. The van der Waals surface area contributed by atoms with Gasteiger partial charge in [-0.15, -0.1) is 0 Å². The molecule has 2 atom stereocenters. The van der Waals surface area contributed by atoms with Crippen LogP contribution >= 0.6 is 0 Å². The summed E-state index contributed by atoms with van der Waals surface area (Å²) in [6, 6.07) is 6.68. The number of Topliss-reactive ketones (excluding diaryl/α,β-unsaturated/α-hetero) is 1. The van der Waals surface area contributed by atoms with Crippen molar-refractivity contribution in [3.8, 4) is 0 Å². The van der Waals surface area contributed by atoms with Crippen LogP contribution in [0.15, 0.2) is 24.3 Å². The highest BCUT2D eigenvalue weighted by Crippen LogP contribution is 2.63. The number of imide groups is 1. The van der Waals surface area contributed by atoms with Gasteiger partial charge >= 0.3 is 0 Å². The van der Waals surface area contributed by atoms with Crippen molar-refractivity contribution < 1.29 is 14.4 Å². The minimum absolute atomic E-state index is 0.0774. The largest absolute Gasteiger partial charge is 0.295 e. The van der Waals surface area contributed by atoms with Gasteiger partial charge in [0, 0.05) is 5.56 Å². The molecular weight excluding hydrogens is 242 g/mol. The van der Waals surface area contributed by atoms with Crippen molar-refractivity contribution in [1.82, 2.24) is 0 Å². The number of benzene rings is 1. The summed E-state index contributed by atoms with van der Waals surface area (Å²) < 4.78 is 0. The van der Waals surface area contributed by atoms with Gasteiger partial charge in [0.2, 0.25) is 11.8 Å². The number of fused-ring (bicyclic) bond motifs is 1. The Hall–Kier alpha value is -1.97. The van der Waals surface area contributed by atoms with Gasteiger partial charge in [-0.25, -0.2) is 4.90 Å². The van der Waals surface area contributed by atoms with Crippen LogP contribution < -0.4 is 4.90 Å². The molecule has 0 spiro atoms. The van der Waals surface area contributed by atoms with Crippen LogP contribution in [0.4, 0.5) is 5.69 Å². The number of amides is 2. The number of hydrogen-bond acceptors (Lipinski definition) is 3. The van der Waals surface area contributed by atoms with Gasteiger partial charge in [0.15, 0.2) is 5.78 Å². The van der Waals surface area contributed by atoms with Crippen molar-refractivity contribution in [2.24, 2.45) is 17.3 Å². The smallest absolute Gasteiger partial charge is 0.238 e. The molecule has 0 bridgehead atoms. The van der Waals surface area contributed by atoms with Crippen LogP contribution in [0.5, 0.6) is 0 Å². The minimum Gasteiger partial charge on any atom is -0.295 e. The lowest BCUT2D eigenvalue weighted by atomic mass is 10.0. The van der Waals surface area contributed by atoms with E-state index in [0.717, 1.165) is 0 Å².